The highest BCUT2D eigenvalue weighted by molar-refractivity contribution is 7.09. The monoisotopic (exact) mass is 306 g/mol. The van der Waals surface area contributed by atoms with Crippen LogP contribution in [-0.4, -0.2) is 22.3 Å². The van der Waals surface area contributed by atoms with E-state index in [9.17, 15) is 9.90 Å². The van der Waals surface area contributed by atoms with Gasteiger partial charge in [-0.05, 0) is 19.4 Å². The van der Waals surface area contributed by atoms with Gasteiger partial charge in [0.1, 0.15) is 12.6 Å². The van der Waals surface area contributed by atoms with Gasteiger partial charge in [0, 0.05) is 5.38 Å². The molecular weight excluding hydrogens is 288 g/mol. The fourth-order valence-corrected chi connectivity index (χ4v) is 2.51. The first kappa shape index (κ1) is 15.5. The molecule has 0 aliphatic carbocycles. The number of amides is 1. The molecule has 2 unspecified atom stereocenters. The summed E-state index contributed by atoms with van der Waals surface area (Å²) in [5, 5.41) is 15.2. The van der Waals surface area contributed by atoms with Crippen molar-refractivity contribution in [2.75, 3.05) is 0 Å². The van der Waals surface area contributed by atoms with Gasteiger partial charge in [-0.1, -0.05) is 30.3 Å². The number of thiazole rings is 1. The molecular formula is C15H18N2O3S. The predicted molar refractivity (Wildman–Crippen MR) is 81.0 cm³/mol. The van der Waals surface area contributed by atoms with Gasteiger partial charge in [-0.3, -0.25) is 0 Å². The SMILES string of the molecule is Cc1nc(C(NC(=O)OCc2ccccc2)C(C)O)cs1. The molecule has 0 saturated carbocycles. The van der Waals surface area contributed by atoms with Crippen molar-refractivity contribution in [2.24, 2.45) is 0 Å². The number of rotatable bonds is 5. The van der Waals surface area contributed by atoms with Crippen LogP contribution in [0, 0.1) is 6.92 Å². The summed E-state index contributed by atoms with van der Waals surface area (Å²) < 4.78 is 5.15. The summed E-state index contributed by atoms with van der Waals surface area (Å²) in [6.07, 6.45) is -1.33. The highest BCUT2D eigenvalue weighted by Crippen LogP contribution is 2.19. The van der Waals surface area contributed by atoms with Crippen LogP contribution in [0.5, 0.6) is 0 Å². The molecule has 2 atom stereocenters. The Bertz CT molecular complexity index is 584. The molecule has 0 bridgehead atoms. The van der Waals surface area contributed by atoms with Crippen molar-refractivity contribution in [2.45, 2.75) is 32.6 Å². The first-order valence-corrected chi connectivity index (χ1v) is 7.51. The third kappa shape index (κ3) is 4.54. The second-order valence-electron chi connectivity index (χ2n) is 4.72. The molecule has 0 spiro atoms. The number of aryl methyl sites for hydroxylation is 1. The molecule has 0 saturated heterocycles. The smallest absolute Gasteiger partial charge is 0.408 e. The number of aliphatic hydroxyl groups excluding tert-OH is 1. The van der Waals surface area contributed by atoms with E-state index in [1.54, 1.807) is 6.92 Å². The number of carbonyl (C=O) groups is 1. The third-order valence-electron chi connectivity index (χ3n) is 2.92. The molecule has 1 heterocycles. The Kier molecular flexibility index (Phi) is 5.30. The Morgan fingerprint density at radius 2 is 2.14 bits per heavy atom. The van der Waals surface area contributed by atoms with E-state index in [-0.39, 0.29) is 6.61 Å². The van der Waals surface area contributed by atoms with Crippen LogP contribution < -0.4 is 5.32 Å². The number of aliphatic hydroxyl groups is 1. The first-order valence-electron chi connectivity index (χ1n) is 6.63. The molecule has 2 rings (SSSR count). The summed E-state index contributed by atoms with van der Waals surface area (Å²) >= 11 is 1.47. The van der Waals surface area contributed by atoms with Crippen molar-refractivity contribution in [1.82, 2.24) is 10.3 Å². The Balaban J connectivity index is 1.93. The van der Waals surface area contributed by atoms with Gasteiger partial charge in [0.2, 0.25) is 0 Å². The summed E-state index contributed by atoms with van der Waals surface area (Å²) in [7, 11) is 0. The zero-order valence-electron chi connectivity index (χ0n) is 11.9. The quantitative estimate of drug-likeness (QED) is 0.891. The standard InChI is InChI=1S/C15H18N2O3S/c1-10(18)14(13-9-21-11(2)16-13)17-15(19)20-8-12-6-4-3-5-7-12/h3-7,9-10,14,18H,8H2,1-2H3,(H,17,19). The minimum atomic E-state index is -0.754. The second kappa shape index (κ2) is 7.19. The van der Waals surface area contributed by atoms with E-state index in [0.29, 0.717) is 5.69 Å². The summed E-state index contributed by atoms with van der Waals surface area (Å²) in [6.45, 7) is 3.67. The number of ether oxygens (including phenoxy) is 1. The van der Waals surface area contributed by atoms with Gasteiger partial charge in [-0.15, -0.1) is 11.3 Å². The predicted octanol–water partition coefficient (Wildman–Crippen LogP) is 2.80. The van der Waals surface area contributed by atoms with Crippen molar-refractivity contribution < 1.29 is 14.6 Å². The number of carbonyl (C=O) groups excluding carboxylic acids is 1. The molecule has 2 N–H and O–H groups in total. The lowest BCUT2D eigenvalue weighted by atomic mass is 10.1. The number of hydrogen-bond acceptors (Lipinski definition) is 5. The minimum Gasteiger partial charge on any atom is -0.445 e. The average molecular weight is 306 g/mol. The maximum absolute atomic E-state index is 11.8. The molecule has 0 aliphatic rings. The van der Waals surface area contributed by atoms with Crippen LogP contribution in [0.1, 0.15) is 29.2 Å². The van der Waals surface area contributed by atoms with E-state index in [0.717, 1.165) is 10.6 Å². The molecule has 0 aliphatic heterocycles. The molecule has 0 radical (unpaired) electrons. The molecule has 21 heavy (non-hydrogen) atoms. The minimum absolute atomic E-state index is 0.190. The lowest BCUT2D eigenvalue weighted by Gasteiger charge is -2.19. The fraction of sp³-hybridized carbons (Fsp3) is 0.333. The van der Waals surface area contributed by atoms with Gasteiger partial charge in [0.15, 0.2) is 0 Å². The Morgan fingerprint density at radius 1 is 1.43 bits per heavy atom. The number of nitrogens with zero attached hydrogens (tertiary/aromatic N) is 1. The third-order valence-corrected chi connectivity index (χ3v) is 3.72. The highest BCUT2D eigenvalue weighted by Gasteiger charge is 2.22. The van der Waals surface area contributed by atoms with Gasteiger partial charge < -0.3 is 15.2 Å². The molecule has 1 amide bonds. The second-order valence-corrected chi connectivity index (χ2v) is 5.78. The summed E-state index contributed by atoms with van der Waals surface area (Å²) in [5.41, 5.74) is 1.55. The topological polar surface area (TPSA) is 71.5 Å². The van der Waals surface area contributed by atoms with Crippen molar-refractivity contribution in [3.8, 4) is 0 Å². The van der Waals surface area contributed by atoms with E-state index < -0.39 is 18.2 Å². The lowest BCUT2D eigenvalue weighted by Crippen LogP contribution is -2.35. The first-order chi connectivity index (χ1) is 10.1. The van der Waals surface area contributed by atoms with E-state index in [1.807, 2.05) is 42.6 Å². The van der Waals surface area contributed by atoms with Gasteiger partial charge in [0.05, 0.1) is 16.8 Å². The average Bonchev–Trinajstić information content (AvgIpc) is 2.89. The van der Waals surface area contributed by atoms with Gasteiger partial charge >= 0.3 is 6.09 Å². The molecule has 1 aromatic heterocycles. The maximum Gasteiger partial charge on any atom is 0.408 e. The van der Waals surface area contributed by atoms with Crippen LogP contribution in [0.4, 0.5) is 4.79 Å². The van der Waals surface area contributed by atoms with Crippen molar-refractivity contribution in [3.05, 3.63) is 52.0 Å². The number of hydrogen-bond donors (Lipinski definition) is 2. The van der Waals surface area contributed by atoms with Crippen molar-refractivity contribution in [3.63, 3.8) is 0 Å². The van der Waals surface area contributed by atoms with E-state index >= 15 is 0 Å². The largest absolute Gasteiger partial charge is 0.445 e. The summed E-state index contributed by atoms with van der Waals surface area (Å²) in [4.78, 5) is 16.1. The van der Waals surface area contributed by atoms with Crippen LogP contribution in [0.2, 0.25) is 0 Å². The maximum atomic E-state index is 11.8. The number of alkyl carbamates (subject to hydrolysis) is 1. The van der Waals surface area contributed by atoms with E-state index in [4.69, 9.17) is 4.74 Å². The van der Waals surface area contributed by atoms with Crippen LogP contribution >= 0.6 is 11.3 Å². The zero-order chi connectivity index (χ0) is 15.2. The molecule has 0 fully saturated rings. The van der Waals surface area contributed by atoms with Gasteiger partial charge in [0.25, 0.3) is 0 Å². The Labute approximate surface area is 127 Å². The Morgan fingerprint density at radius 3 is 2.71 bits per heavy atom. The van der Waals surface area contributed by atoms with Crippen LogP contribution in [-0.2, 0) is 11.3 Å². The molecule has 112 valence electrons. The summed E-state index contributed by atoms with van der Waals surface area (Å²) in [6, 6.07) is 8.85. The number of aromatic nitrogens is 1. The number of nitrogens with one attached hydrogen (secondary N) is 1. The van der Waals surface area contributed by atoms with Gasteiger partial charge in [-0.2, -0.15) is 0 Å². The fourth-order valence-electron chi connectivity index (χ4n) is 1.86. The van der Waals surface area contributed by atoms with Crippen LogP contribution in [0.3, 0.4) is 0 Å². The van der Waals surface area contributed by atoms with Gasteiger partial charge in [-0.25, -0.2) is 9.78 Å². The molecule has 2 aromatic rings. The van der Waals surface area contributed by atoms with Crippen molar-refractivity contribution in [1.29, 1.82) is 0 Å². The summed E-state index contributed by atoms with van der Waals surface area (Å²) in [5.74, 6) is 0. The molecule has 5 nitrogen and oxygen atoms in total. The Hall–Kier alpha value is -1.92. The normalized spacial score (nSPS) is 13.5. The molecule has 1 aromatic carbocycles. The lowest BCUT2D eigenvalue weighted by molar-refractivity contribution is 0.108. The van der Waals surface area contributed by atoms with E-state index in [1.165, 1.54) is 11.3 Å². The molecule has 6 heteroatoms. The van der Waals surface area contributed by atoms with E-state index in [2.05, 4.69) is 10.3 Å². The zero-order valence-corrected chi connectivity index (χ0v) is 12.8. The van der Waals surface area contributed by atoms with Crippen LogP contribution in [0.15, 0.2) is 35.7 Å². The van der Waals surface area contributed by atoms with Crippen molar-refractivity contribution >= 4 is 17.4 Å². The number of benzene rings is 1. The van der Waals surface area contributed by atoms with Crippen LogP contribution in [0.25, 0.3) is 0 Å². The highest BCUT2D eigenvalue weighted by atomic mass is 32.1.